The zero-order valence-corrected chi connectivity index (χ0v) is 13.8. The fourth-order valence-electron chi connectivity index (χ4n) is 2.43. The topological polar surface area (TPSA) is 61.9 Å². The number of hydrazine groups is 1. The highest BCUT2D eigenvalue weighted by Gasteiger charge is 2.45. The normalized spacial score (nSPS) is 18.4. The number of ether oxygens (including phenoxy) is 1. The van der Waals surface area contributed by atoms with Crippen molar-refractivity contribution in [3.05, 3.63) is 29.8 Å². The minimum atomic E-state index is -0.538. The van der Waals surface area contributed by atoms with Crippen molar-refractivity contribution in [2.45, 2.75) is 32.5 Å². The number of amides is 3. The number of benzene rings is 1. The van der Waals surface area contributed by atoms with Crippen LogP contribution in [-0.4, -0.2) is 46.5 Å². The van der Waals surface area contributed by atoms with E-state index < -0.39 is 11.7 Å². The van der Waals surface area contributed by atoms with Gasteiger partial charge in [0.1, 0.15) is 11.9 Å². The van der Waals surface area contributed by atoms with Gasteiger partial charge in [-0.2, -0.15) is 0 Å². The van der Waals surface area contributed by atoms with Crippen LogP contribution in [0.25, 0.3) is 0 Å². The van der Waals surface area contributed by atoms with E-state index in [-0.39, 0.29) is 17.8 Å². The molecule has 0 bridgehead atoms. The highest BCUT2D eigenvalue weighted by atomic mass is 35.5. The van der Waals surface area contributed by atoms with Gasteiger partial charge in [0.25, 0.3) is 5.91 Å². The van der Waals surface area contributed by atoms with E-state index in [0.717, 1.165) is 0 Å². The Morgan fingerprint density at radius 1 is 1.32 bits per heavy atom. The smallest absolute Gasteiger partial charge is 0.338 e. The number of methoxy groups -OCH3 is 1. The molecule has 120 valence electrons. The largest absolute Gasteiger partial charge is 0.497 e. The highest BCUT2D eigenvalue weighted by Crippen LogP contribution is 2.26. The minimum absolute atomic E-state index is 0.123. The molecule has 1 aliphatic heterocycles. The van der Waals surface area contributed by atoms with Gasteiger partial charge in [-0.15, -0.1) is 11.6 Å². The number of urea groups is 1. The van der Waals surface area contributed by atoms with Crippen LogP contribution in [0.4, 0.5) is 4.79 Å². The maximum atomic E-state index is 12.6. The molecular formula is C15H20ClN3O3. The highest BCUT2D eigenvalue weighted by molar-refractivity contribution is 6.18. The first-order valence-electron chi connectivity index (χ1n) is 6.93. The molecule has 1 saturated heterocycles. The van der Waals surface area contributed by atoms with Crippen molar-refractivity contribution in [2.75, 3.05) is 13.0 Å². The lowest BCUT2D eigenvalue weighted by Gasteiger charge is -2.35. The number of carbonyl (C=O) groups excluding carboxylic acids is 2. The first kappa shape index (κ1) is 16.4. The summed E-state index contributed by atoms with van der Waals surface area (Å²) < 4.78 is 5.07. The molecule has 0 aliphatic carbocycles. The molecular weight excluding hydrogens is 306 g/mol. The summed E-state index contributed by atoms with van der Waals surface area (Å²) in [5.41, 5.74) is 2.60. The van der Waals surface area contributed by atoms with E-state index in [1.54, 1.807) is 36.3 Å². The summed E-state index contributed by atoms with van der Waals surface area (Å²) in [7, 11) is 1.56. The molecule has 1 unspecified atom stereocenters. The Morgan fingerprint density at radius 3 is 2.36 bits per heavy atom. The second-order valence-electron chi connectivity index (χ2n) is 6.00. The Kier molecular flexibility index (Phi) is 4.51. The minimum Gasteiger partial charge on any atom is -0.497 e. The van der Waals surface area contributed by atoms with E-state index in [0.29, 0.717) is 11.3 Å². The van der Waals surface area contributed by atoms with Crippen molar-refractivity contribution < 1.29 is 14.3 Å². The number of halogens is 1. The SMILES string of the molecule is COc1ccc(C(=O)N2NC(=O)N(C(C)(C)C)C2CCl)cc1. The molecule has 1 aliphatic rings. The average Bonchev–Trinajstić information content (AvgIpc) is 2.83. The van der Waals surface area contributed by atoms with Crippen molar-refractivity contribution in [1.29, 1.82) is 0 Å². The van der Waals surface area contributed by atoms with E-state index in [4.69, 9.17) is 16.3 Å². The molecule has 0 spiro atoms. The van der Waals surface area contributed by atoms with Crippen LogP contribution in [0, 0.1) is 0 Å². The van der Waals surface area contributed by atoms with Crippen molar-refractivity contribution in [3.63, 3.8) is 0 Å². The molecule has 0 radical (unpaired) electrons. The number of nitrogens with one attached hydrogen (secondary N) is 1. The molecule has 22 heavy (non-hydrogen) atoms. The molecule has 1 aromatic rings. The number of hydrogen-bond donors (Lipinski definition) is 1. The van der Waals surface area contributed by atoms with Gasteiger partial charge in [0.2, 0.25) is 0 Å². The van der Waals surface area contributed by atoms with E-state index in [9.17, 15) is 9.59 Å². The van der Waals surface area contributed by atoms with E-state index >= 15 is 0 Å². The fraction of sp³-hybridized carbons (Fsp3) is 0.467. The average molecular weight is 326 g/mol. The number of rotatable bonds is 3. The lowest BCUT2D eigenvalue weighted by atomic mass is 10.1. The summed E-state index contributed by atoms with van der Waals surface area (Å²) in [6.45, 7) is 5.69. The van der Waals surface area contributed by atoms with E-state index in [1.165, 1.54) is 5.01 Å². The molecule has 1 atom stereocenters. The standard InChI is InChI=1S/C15H20ClN3O3/c1-15(2,3)18-12(9-16)19(17-14(18)21)13(20)10-5-7-11(22-4)8-6-10/h5-8,12H,9H2,1-4H3,(H,17,21). The van der Waals surface area contributed by atoms with Gasteiger partial charge < -0.3 is 4.74 Å². The third-order valence-corrected chi connectivity index (χ3v) is 3.72. The lowest BCUT2D eigenvalue weighted by molar-refractivity contribution is 0.0496. The van der Waals surface area contributed by atoms with Crippen LogP contribution in [-0.2, 0) is 0 Å². The molecule has 1 heterocycles. The van der Waals surface area contributed by atoms with E-state index in [2.05, 4.69) is 5.43 Å². The van der Waals surface area contributed by atoms with Gasteiger partial charge in [-0.3, -0.25) is 9.69 Å². The quantitative estimate of drug-likeness (QED) is 0.868. The zero-order valence-electron chi connectivity index (χ0n) is 13.1. The van der Waals surface area contributed by atoms with Crippen LogP contribution >= 0.6 is 11.6 Å². The van der Waals surface area contributed by atoms with Gasteiger partial charge >= 0.3 is 6.03 Å². The monoisotopic (exact) mass is 325 g/mol. The summed E-state index contributed by atoms with van der Waals surface area (Å²) in [6, 6.07) is 6.36. The van der Waals surface area contributed by atoms with Crippen LogP contribution in [0.15, 0.2) is 24.3 Å². The van der Waals surface area contributed by atoms with Crippen LogP contribution in [0.1, 0.15) is 31.1 Å². The first-order valence-corrected chi connectivity index (χ1v) is 7.46. The van der Waals surface area contributed by atoms with Crippen molar-refractivity contribution >= 4 is 23.5 Å². The van der Waals surface area contributed by atoms with Gasteiger partial charge in [-0.25, -0.2) is 15.2 Å². The molecule has 1 fully saturated rings. The van der Waals surface area contributed by atoms with Gasteiger partial charge in [-0.05, 0) is 45.0 Å². The van der Waals surface area contributed by atoms with E-state index in [1.807, 2.05) is 20.8 Å². The van der Waals surface area contributed by atoms with Gasteiger partial charge in [-0.1, -0.05) is 0 Å². The Labute approximate surface area is 134 Å². The predicted octanol–water partition coefficient (Wildman–Crippen LogP) is 2.44. The fourth-order valence-corrected chi connectivity index (χ4v) is 2.71. The summed E-state index contributed by atoms with van der Waals surface area (Å²) in [5.74, 6) is 0.471. The summed E-state index contributed by atoms with van der Waals surface area (Å²) in [4.78, 5) is 26.4. The van der Waals surface area contributed by atoms with Gasteiger partial charge in [0, 0.05) is 11.1 Å². The number of alkyl halides is 1. The molecule has 0 saturated carbocycles. The zero-order chi connectivity index (χ0) is 16.5. The Morgan fingerprint density at radius 2 is 1.91 bits per heavy atom. The third-order valence-electron chi connectivity index (χ3n) is 3.45. The second-order valence-corrected chi connectivity index (χ2v) is 6.30. The van der Waals surface area contributed by atoms with Gasteiger partial charge in [0.15, 0.2) is 0 Å². The maximum Gasteiger partial charge on any atom is 0.338 e. The number of hydrogen-bond acceptors (Lipinski definition) is 3. The predicted molar refractivity (Wildman–Crippen MR) is 83.8 cm³/mol. The first-order chi connectivity index (χ1) is 10.3. The Hall–Kier alpha value is -1.95. The van der Waals surface area contributed by atoms with Gasteiger partial charge in [0.05, 0.1) is 13.0 Å². The second kappa shape index (κ2) is 6.04. The summed E-state index contributed by atoms with van der Waals surface area (Å²) >= 11 is 6.00. The molecule has 1 aromatic carbocycles. The molecule has 7 heteroatoms. The molecule has 3 amide bonds. The van der Waals surface area contributed by atoms with Crippen LogP contribution in [0.5, 0.6) is 5.75 Å². The maximum absolute atomic E-state index is 12.6. The van der Waals surface area contributed by atoms with Crippen LogP contribution in [0.3, 0.4) is 0 Å². The van der Waals surface area contributed by atoms with Crippen LogP contribution in [0.2, 0.25) is 0 Å². The van der Waals surface area contributed by atoms with Crippen molar-refractivity contribution in [3.8, 4) is 5.75 Å². The van der Waals surface area contributed by atoms with Crippen molar-refractivity contribution in [2.24, 2.45) is 0 Å². The lowest BCUT2D eigenvalue weighted by Crippen LogP contribution is -2.51. The molecule has 2 rings (SSSR count). The van der Waals surface area contributed by atoms with Crippen molar-refractivity contribution in [1.82, 2.24) is 15.3 Å². The van der Waals surface area contributed by atoms with Crippen LogP contribution < -0.4 is 10.2 Å². The Bertz CT molecular complexity index is 568. The molecule has 1 N–H and O–H groups in total. The molecule has 0 aromatic heterocycles. The molecule has 6 nitrogen and oxygen atoms in total. The number of carbonyl (C=O) groups is 2. The number of nitrogens with zero attached hydrogens (tertiary/aromatic N) is 2. The Balaban J connectivity index is 2.27. The summed E-state index contributed by atoms with van der Waals surface area (Å²) in [6.07, 6.45) is -0.538. The summed E-state index contributed by atoms with van der Waals surface area (Å²) in [5, 5.41) is 1.28. The third kappa shape index (κ3) is 2.97.